The molecule has 1 heterocycles. The highest BCUT2D eigenvalue weighted by Crippen LogP contribution is 2.21. The van der Waals surface area contributed by atoms with Crippen molar-refractivity contribution < 1.29 is 13.5 Å². The van der Waals surface area contributed by atoms with Crippen LogP contribution in [0.4, 0.5) is 5.82 Å². The SMILES string of the molecule is Cc1c(S(=O)(=O)NC(C)CCCO)c(N)nn1C. The van der Waals surface area contributed by atoms with E-state index in [1.165, 1.54) is 4.68 Å². The maximum atomic E-state index is 12.2. The van der Waals surface area contributed by atoms with E-state index in [-0.39, 0.29) is 23.4 Å². The van der Waals surface area contributed by atoms with Crippen LogP contribution in [-0.4, -0.2) is 36.0 Å². The minimum Gasteiger partial charge on any atom is -0.396 e. The van der Waals surface area contributed by atoms with Gasteiger partial charge < -0.3 is 10.8 Å². The highest BCUT2D eigenvalue weighted by atomic mass is 32.2. The van der Waals surface area contributed by atoms with E-state index in [1.54, 1.807) is 20.9 Å². The molecule has 4 N–H and O–H groups in total. The molecule has 8 heteroatoms. The number of aliphatic hydroxyl groups excluding tert-OH is 1. The summed E-state index contributed by atoms with van der Waals surface area (Å²) in [6.07, 6.45) is 1.11. The molecule has 0 aliphatic rings. The van der Waals surface area contributed by atoms with Gasteiger partial charge in [0.25, 0.3) is 0 Å². The normalized spacial score (nSPS) is 13.8. The lowest BCUT2D eigenvalue weighted by Crippen LogP contribution is -2.33. The summed E-state index contributed by atoms with van der Waals surface area (Å²) in [5, 5.41) is 12.6. The number of nitrogens with two attached hydrogens (primary N) is 1. The van der Waals surface area contributed by atoms with Crippen LogP contribution in [0.1, 0.15) is 25.5 Å². The Hall–Kier alpha value is -1.12. The fourth-order valence-corrected chi connectivity index (χ4v) is 3.33. The largest absolute Gasteiger partial charge is 0.396 e. The molecule has 0 aromatic carbocycles. The molecule has 0 amide bonds. The summed E-state index contributed by atoms with van der Waals surface area (Å²) in [4.78, 5) is 0.0286. The van der Waals surface area contributed by atoms with Gasteiger partial charge in [-0.25, -0.2) is 13.1 Å². The molecular weight excluding hydrogens is 256 g/mol. The number of hydrogen-bond donors (Lipinski definition) is 3. The fourth-order valence-electron chi connectivity index (χ4n) is 1.73. The lowest BCUT2D eigenvalue weighted by atomic mass is 10.2. The first-order valence-electron chi connectivity index (χ1n) is 5.72. The van der Waals surface area contributed by atoms with Gasteiger partial charge in [-0.2, -0.15) is 5.10 Å². The van der Waals surface area contributed by atoms with Crippen LogP contribution in [0.3, 0.4) is 0 Å². The standard InChI is InChI=1S/C10H20N4O3S/c1-7(5-4-6-15)13-18(16,17)9-8(2)14(3)12-10(9)11/h7,13,15H,4-6H2,1-3H3,(H2,11,12). The smallest absolute Gasteiger partial charge is 0.246 e. The van der Waals surface area contributed by atoms with Crippen molar-refractivity contribution in [1.29, 1.82) is 0 Å². The molecule has 1 aromatic rings. The summed E-state index contributed by atoms with van der Waals surface area (Å²) in [5.41, 5.74) is 6.11. The van der Waals surface area contributed by atoms with Gasteiger partial charge in [0.15, 0.2) is 5.82 Å². The van der Waals surface area contributed by atoms with Crippen molar-refractivity contribution in [3.8, 4) is 0 Å². The highest BCUT2D eigenvalue weighted by molar-refractivity contribution is 7.89. The Labute approximate surface area is 107 Å². The van der Waals surface area contributed by atoms with Gasteiger partial charge in [0.1, 0.15) is 4.90 Å². The summed E-state index contributed by atoms with van der Waals surface area (Å²) in [7, 11) is -2.03. The number of nitrogen functional groups attached to an aromatic ring is 1. The molecule has 1 unspecified atom stereocenters. The zero-order valence-corrected chi connectivity index (χ0v) is 11.7. The van der Waals surface area contributed by atoms with E-state index in [2.05, 4.69) is 9.82 Å². The van der Waals surface area contributed by atoms with Crippen LogP contribution < -0.4 is 10.5 Å². The van der Waals surface area contributed by atoms with Gasteiger partial charge in [-0.3, -0.25) is 4.68 Å². The van der Waals surface area contributed by atoms with Crippen molar-refractivity contribution in [2.75, 3.05) is 12.3 Å². The second-order valence-electron chi connectivity index (χ2n) is 4.31. The highest BCUT2D eigenvalue weighted by Gasteiger charge is 2.25. The third-order valence-electron chi connectivity index (χ3n) is 2.72. The van der Waals surface area contributed by atoms with Gasteiger partial charge >= 0.3 is 0 Å². The summed E-state index contributed by atoms with van der Waals surface area (Å²) in [5.74, 6) is -0.00291. The zero-order valence-electron chi connectivity index (χ0n) is 10.8. The van der Waals surface area contributed by atoms with Crippen molar-refractivity contribution in [3.63, 3.8) is 0 Å². The minimum atomic E-state index is -3.67. The Morgan fingerprint density at radius 3 is 2.61 bits per heavy atom. The van der Waals surface area contributed by atoms with Gasteiger partial charge in [-0.1, -0.05) is 0 Å². The maximum Gasteiger partial charge on any atom is 0.246 e. The summed E-state index contributed by atoms with van der Waals surface area (Å²) < 4.78 is 28.3. The molecule has 7 nitrogen and oxygen atoms in total. The van der Waals surface area contributed by atoms with Gasteiger partial charge in [0.05, 0.1) is 5.69 Å². The van der Waals surface area contributed by atoms with Crippen molar-refractivity contribution in [3.05, 3.63) is 5.69 Å². The van der Waals surface area contributed by atoms with Crippen LogP contribution in [0.25, 0.3) is 0 Å². The van der Waals surface area contributed by atoms with Crippen molar-refractivity contribution in [1.82, 2.24) is 14.5 Å². The summed E-state index contributed by atoms with van der Waals surface area (Å²) in [6.45, 7) is 3.44. The van der Waals surface area contributed by atoms with Crippen LogP contribution in [0, 0.1) is 6.92 Å². The number of aromatic nitrogens is 2. The number of nitrogens with zero attached hydrogens (tertiary/aromatic N) is 2. The fraction of sp³-hybridized carbons (Fsp3) is 0.700. The van der Waals surface area contributed by atoms with E-state index in [9.17, 15) is 8.42 Å². The Morgan fingerprint density at radius 1 is 1.56 bits per heavy atom. The van der Waals surface area contributed by atoms with Gasteiger partial charge in [-0.15, -0.1) is 0 Å². The van der Waals surface area contributed by atoms with Gasteiger partial charge in [0, 0.05) is 19.7 Å². The molecule has 0 saturated carbocycles. The van der Waals surface area contributed by atoms with Crippen molar-refractivity contribution in [2.24, 2.45) is 7.05 Å². The predicted molar refractivity (Wildman–Crippen MR) is 68.5 cm³/mol. The van der Waals surface area contributed by atoms with Crippen molar-refractivity contribution >= 4 is 15.8 Å². The molecule has 0 saturated heterocycles. The molecule has 0 bridgehead atoms. The first-order valence-corrected chi connectivity index (χ1v) is 7.20. The number of nitrogens with one attached hydrogen (secondary N) is 1. The molecule has 1 atom stereocenters. The predicted octanol–water partition coefficient (Wildman–Crippen LogP) is -0.250. The Morgan fingerprint density at radius 2 is 2.17 bits per heavy atom. The second kappa shape index (κ2) is 5.68. The lowest BCUT2D eigenvalue weighted by Gasteiger charge is -2.13. The number of aryl methyl sites for hydroxylation is 1. The zero-order chi connectivity index (χ0) is 13.9. The van der Waals surface area contributed by atoms with E-state index in [0.717, 1.165) is 0 Å². The maximum absolute atomic E-state index is 12.2. The van der Waals surface area contributed by atoms with Crippen LogP contribution in [0.2, 0.25) is 0 Å². The molecule has 104 valence electrons. The number of sulfonamides is 1. The Kier molecular flexibility index (Phi) is 4.71. The molecule has 0 aliphatic carbocycles. The number of rotatable bonds is 6. The van der Waals surface area contributed by atoms with Crippen LogP contribution in [-0.2, 0) is 17.1 Å². The van der Waals surface area contributed by atoms with E-state index in [0.29, 0.717) is 18.5 Å². The molecule has 1 aromatic heterocycles. The number of aliphatic hydroxyl groups is 1. The monoisotopic (exact) mass is 276 g/mol. The van der Waals surface area contributed by atoms with Crippen molar-refractivity contribution in [2.45, 2.75) is 37.6 Å². The second-order valence-corrected chi connectivity index (χ2v) is 5.96. The van der Waals surface area contributed by atoms with E-state index >= 15 is 0 Å². The molecule has 1 rings (SSSR count). The van der Waals surface area contributed by atoms with E-state index < -0.39 is 10.0 Å². The quantitative estimate of drug-likeness (QED) is 0.663. The van der Waals surface area contributed by atoms with Crippen LogP contribution in [0.5, 0.6) is 0 Å². The first kappa shape index (κ1) is 14.9. The first-order chi connectivity index (χ1) is 8.29. The average molecular weight is 276 g/mol. The molecule has 0 spiro atoms. The average Bonchev–Trinajstić information content (AvgIpc) is 2.49. The van der Waals surface area contributed by atoms with Crippen LogP contribution in [0.15, 0.2) is 4.90 Å². The molecule has 0 radical (unpaired) electrons. The minimum absolute atomic E-state index is 0.00291. The van der Waals surface area contributed by atoms with Crippen LogP contribution >= 0.6 is 0 Å². The Balaban J connectivity index is 2.93. The molecule has 0 fully saturated rings. The third kappa shape index (κ3) is 3.21. The summed E-state index contributed by atoms with van der Waals surface area (Å²) >= 11 is 0. The number of hydrogen-bond acceptors (Lipinski definition) is 5. The molecule has 0 aliphatic heterocycles. The molecular formula is C10H20N4O3S. The van der Waals surface area contributed by atoms with Gasteiger partial charge in [0.2, 0.25) is 10.0 Å². The van der Waals surface area contributed by atoms with E-state index in [4.69, 9.17) is 10.8 Å². The molecule has 18 heavy (non-hydrogen) atoms. The topological polar surface area (TPSA) is 110 Å². The van der Waals surface area contributed by atoms with Gasteiger partial charge in [-0.05, 0) is 26.7 Å². The Bertz CT molecular complexity index is 509. The van der Waals surface area contributed by atoms with E-state index in [1.807, 2.05) is 0 Å². The lowest BCUT2D eigenvalue weighted by molar-refractivity contribution is 0.279. The number of anilines is 1. The third-order valence-corrected chi connectivity index (χ3v) is 4.48. The summed E-state index contributed by atoms with van der Waals surface area (Å²) in [6, 6.07) is -0.263.